The molecule has 12 heteroatoms. The summed E-state index contributed by atoms with van der Waals surface area (Å²) >= 11 is 0. The number of aryl methyl sites for hydroxylation is 1. The Morgan fingerprint density at radius 1 is 1.02 bits per heavy atom. The lowest BCUT2D eigenvalue weighted by molar-refractivity contribution is -0.137. The lowest BCUT2D eigenvalue weighted by atomic mass is 10.0. The molecule has 2 amide bonds. The van der Waals surface area contributed by atoms with E-state index in [1.165, 1.54) is 24.1 Å². The van der Waals surface area contributed by atoms with Crippen molar-refractivity contribution in [3.8, 4) is 11.3 Å². The zero-order valence-corrected chi connectivity index (χ0v) is 23.9. The number of alkyl halides is 3. The van der Waals surface area contributed by atoms with E-state index in [2.05, 4.69) is 15.8 Å². The summed E-state index contributed by atoms with van der Waals surface area (Å²) in [7, 11) is 1.48. The molecular weight excluding hydrogens is 541 g/mol. The van der Waals surface area contributed by atoms with Gasteiger partial charge in [-0.25, -0.2) is 4.79 Å². The molecule has 2 N–H and O–H groups in total. The first-order chi connectivity index (χ1) is 18.9. The van der Waals surface area contributed by atoms with Crippen LogP contribution >= 0.6 is 0 Å². The highest BCUT2D eigenvalue weighted by atomic mass is 19.4. The van der Waals surface area contributed by atoms with Gasteiger partial charge in [0.1, 0.15) is 5.60 Å². The second-order valence-corrected chi connectivity index (χ2v) is 10.8. The van der Waals surface area contributed by atoms with E-state index in [0.29, 0.717) is 17.0 Å². The van der Waals surface area contributed by atoms with Crippen molar-refractivity contribution < 1.29 is 36.8 Å². The van der Waals surface area contributed by atoms with Crippen LogP contribution in [0.4, 0.5) is 35.0 Å². The van der Waals surface area contributed by atoms with E-state index >= 15 is 0 Å². The summed E-state index contributed by atoms with van der Waals surface area (Å²) in [5, 5.41) is 8.60. The second-order valence-electron chi connectivity index (χ2n) is 10.8. The van der Waals surface area contributed by atoms with Gasteiger partial charge < -0.3 is 19.5 Å². The topological polar surface area (TPSA) is 114 Å². The SMILES string of the molecule is Cc1cc(-c2cccc(C(=O)CC(=O)Nc3cc(C(F)(F)F)c(N(C)C(C)C)cc3NC(=O)OC(C)(C)C)c2)on1. The fraction of sp³-hybridized carbons (Fsp3) is 0.379. The van der Waals surface area contributed by atoms with Crippen molar-refractivity contribution in [2.24, 2.45) is 0 Å². The minimum atomic E-state index is -4.78. The monoisotopic (exact) mass is 574 g/mol. The van der Waals surface area contributed by atoms with Gasteiger partial charge in [0, 0.05) is 30.3 Å². The van der Waals surface area contributed by atoms with Gasteiger partial charge in [0.05, 0.1) is 34.7 Å². The number of anilines is 3. The second kappa shape index (κ2) is 12.0. The standard InChI is InChI=1S/C29H33F3N4O5/c1-16(2)36(7)23-14-22(34-27(39)40-28(4,5)6)21(13-20(23)29(30,31)32)33-26(38)15-24(37)18-9-8-10-19(12-18)25-11-17(3)35-41-25/h8-14,16H,15H2,1-7H3,(H,33,38)(H,34,39). The van der Waals surface area contributed by atoms with Gasteiger partial charge in [-0.15, -0.1) is 0 Å². The Hall–Kier alpha value is -4.35. The number of ether oxygens (including phenoxy) is 1. The molecule has 41 heavy (non-hydrogen) atoms. The molecule has 0 aliphatic heterocycles. The molecule has 0 aliphatic rings. The Kier molecular flexibility index (Phi) is 9.15. The first-order valence-electron chi connectivity index (χ1n) is 12.8. The number of aromatic nitrogens is 1. The van der Waals surface area contributed by atoms with Gasteiger partial charge in [0.25, 0.3) is 0 Å². The van der Waals surface area contributed by atoms with Crippen LogP contribution in [0.2, 0.25) is 0 Å². The fourth-order valence-electron chi connectivity index (χ4n) is 3.79. The maximum Gasteiger partial charge on any atom is 0.418 e. The Labute approximate surface area is 236 Å². The third-order valence-corrected chi connectivity index (χ3v) is 5.92. The summed E-state index contributed by atoms with van der Waals surface area (Å²) in [5.74, 6) is -1.01. The maximum atomic E-state index is 14.1. The highest BCUT2D eigenvalue weighted by Gasteiger charge is 2.36. The van der Waals surface area contributed by atoms with E-state index in [0.717, 1.165) is 12.1 Å². The van der Waals surface area contributed by atoms with Crippen LogP contribution in [-0.4, -0.2) is 41.6 Å². The number of halogens is 3. The maximum absolute atomic E-state index is 14.1. The third kappa shape index (κ3) is 8.32. The normalized spacial score (nSPS) is 11.8. The number of benzene rings is 2. The van der Waals surface area contributed by atoms with E-state index < -0.39 is 41.5 Å². The van der Waals surface area contributed by atoms with Crippen molar-refractivity contribution in [3.05, 3.63) is 59.3 Å². The molecule has 220 valence electrons. The number of nitrogens with one attached hydrogen (secondary N) is 2. The molecule has 2 aromatic carbocycles. The largest absolute Gasteiger partial charge is 0.444 e. The van der Waals surface area contributed by atoms with Gasteiger partial charge in [-0.05, 0) is 59.7 Å². The van der Waals surface area contributed by atoms with Crippen LogP contribution in [0.15, 0.2) is 47.0 Å². The Morgan fingerprint density at radius 3 is 2.24 bits per heavy atom. The Morgan fingerprint density at radius 2 is 1.68 bits per heavy atom. The van der Waals surface area contributed by atoms with Crippen LogP contribution in [0.25, 0.3) is 11.3 Å². The number of hydrogen-bond donors (Lipinski definition) is 2. The predicted molar refractivity (Wildman–Crippen MR) is 149 cm³/mol. The van der Waals surface area contributed by atoms with Crippen LogP contribution in [0.3, 0.4) is 0 Å². The number of amides is 2. The predicted octanol–water partition coefficient (Wildman–Crippen LogP) is 7.07. The van der Waals surface area contributed by atoms with Gasteiger partial charge >= 0.3 is 12.3 Å². The smallest absolute Gasteiger partial charge is 0.418 e. The average Bonchev–Trinajstić information content (AvgIpc) is 3.28. The Bertz CT molecular complexity index is 1440. The van der Waals surface area contributed by atoms with Crippen LogP contribution in [-0.2, 0) is 15.7 Å². The first kappa shape index (κ1) is 31.2. The molecule has 9 nitrogen and oxygen atoms in total. The molecule has 0 atom stereocenters. The first-order valence-corrected chi connectivity index (χ1v) is 12.8. The number of Topliss-reactive ketones (excluding diaryl/α,β-unsaturated/α-hetero) is 1. The van der Waals surface area contributed by atoms with Crippen molar-refractivity contribution in [1.82, 2.24) is 5.16 Å². The molecule has 0 spiro atoms. The molecule has 0 fully saturated rings. The van der Waals surface area contributed by atoms with Crippen molar-refractivity contribution in [2.75, 3.05) is 22.6 Å². The van der Waals surface area contributed by atoms with Crippen LogP contribution in [0.5, 0.6) is 0 Å². The molecule has 0 aliphatic carbocycles. The highest BCUT2D eigenvalue weighted by Crippen LogP contribution is 2.42. The van der Waals surface area contributed by atoms with E-state index in [1.807, 2.05) is 0 Å². The van der Waals surface area contributed by atoms with Crippen LogP contribution in [0, 0.1) is 6.92 Å². The molecule has 3 rings (SSSR count). The summed E-state index contributed by atoms with van der Waals surface area (Å²) < 4.78 is 52.8. The minimum Gasteiger partial charge on any atom is -0.444 e. The summed E-state index contributed by atoms with van der Waals surface area (Å²) in [5.41, 5.74) is -1.18. The molecule has 0 saturated heterocycles. The third-order valence-electron chi connectivity index (χ3n) is 5.92. The zero-order valence-electron chi connectivity index (χ0n) is 23.9. The summed E-state index contributed by atoms with van der Waals surface area (Å²) in [6, 6.07) is 9.58. The van der Waals surface area contributed by atoms with Gasteiger partial charge in [0.15, 0.2) is 11.5 Å². The molecule has 0 radical (unpaired) electrons. The number of rotatable bonds is 8. The number of nitrogens with zero attached hydrogens (tertiary/aromatic N) is 2. The van der Waals surface area contributed by atoms with E-state index in [1.54, 1.807) is 59.7 Å². The number of carbonyl (C=O) groups excluding carboxylic acids is 3. The van der Waals surface area contributed by atoms with E-state index in [-0.39, 0.29) is 28.7 Å². The fourth-order valence-corrected chi connectivity index (χ4v) is 3.79. The van der Waals surface area contributed by atoms with Gasteiger partial charge in [-0.3, -0.25) is 14.9 Å². The number of hydrogen-bond acceptors (Lipinski definition) is 7. The van der Waals surface area contributed by atoms with Crippen molar-refractivity contribution in [1.29, 1.82) is 0 Å². The molecule has 0 bridgehead atoms. The quantitative estimate of drug-likeness (QED) is 0.218. The molecule has 3 aromatic rings. The van der Waals surface area contributed by atoms with Gasteiger partial charge in [0.2, 0.25) is 5.91 Å². The average molecular weight is 575 g/mol. The van der Waals surface area contributed by atoms with Crippen molar-refractivity contribution >= 4 is 34.8 Å². The lowest BCUT2D eigenvalue weighted by Crippen LogP contribution is -2.30. The zero-order chi connectivity index (χ0) is 30.7. The van der Waals surface area contributed by atoms with Crippen LogP contribution in [0.1, 0.15) is 62.7 Å². The van der Waals surface area contributed by atoms with Crippen molar-refractivity contribution in [2.45, 2.75) is 65.8 Å². The molecule has 1 heterocycles. The lowest BCUT2D eigenvalue weighted by Gasteiger charge is -2.29. The summed E-state index contributed by atoms with van der Waals surface area (Å²) in [6.45, 7) is 10.1. The molecular formula is C29H33F3N4O5. The van der Waals surface area contributed by atoms with E-state index in [9.17, 15) is 27.6 Å². The molecule has 1 aromatic heterocycles. The van der Waals surface area contributed by atoms with Crippen LogP contribution < -0.4 is 15.5 Å². The molecule has 0 saturated carbocycles. The van der Waals surface area contributed by atoms with Crippen molar-refractivity contribution in [3.63, 3.8) is 0 Å². The number of carbonyl (C=O) groups is 3. The van der Waals surface area contributed by atoms with Gasteiger partial charge in [-0.1, -0.05) is 23.4 Å². The summed E-state index contributed by atoms with van der Waals surface area (Å²) in [4.78, 5) is 39.7. The summed E-state index contributed by atoms with van der Waals surface area (Å²) in [6.07, 6.45) is -6.38. The van der Waals surface area contributed by atoms with Gasteiger partial charge in [-0.2, -0.15) is 13.2 Å². The highest BCUT2D eigenvalue weighted by molar-refractivity contribution is 6.12. The minimum absolute atomic E-state index is 0.127. The van der Waals surface area contributed by atoms with E-state index in [4.69, 9.17) is 9.26 Å². The number of ketones is 1. The Balaban J connectivity index is 1.93. The molecule has 0 unspecified atom stereocenters.